The highest BCUT2D eigenvalue weighted by molar-refractivity contribution is 7.86. The Labute approximate surface area is 205 Å². The first-order chi connectivity index (χ1) is 16.7. The molecule has 35 heavy (non-hydrogen) atoms. The molecule has 14 heteroatoms. The number of hydrogen-bond acceptors (Lipinski definition) is 6. The van der Waals surface area contributed by atoms with Crippen molar-refractivity contribution in [3.8, 4) is 17.3 Å². The van der Waals surface area contributed by atoms with Gasteiger partial charge in [0.2, 0.25) is 11.7 Å². The number of anilines is 1. The highest BCUT2D eigenvalue weighted by Gasteiger charge is 2.25. The first kappa shape index (κ1) is 24.8. The molecule has 0 aliphatic rings. The number of benzene rings is 1. The summed E-state index contributed by atoms with van der Waals surface area (Å²) < 4.78 is 66.4. The number of H-pyrrole nitrogens is 1. The van der Waals surface area contributed by atoms with Gasteiger partial charge in [-0.2, -0.15) is 18.9 Å². The molecule has 9 nitrogen and oxygen atoms in total. The molecule has 0 radical (unpaired) electrons. The zero-order valence-electron chi connectivity index (χ0n) is 18.7. The zero-order chi connectivity index (χ0) is 25.3. The third kappa shape index (κ3) is 4.91. The predicted octanol–water partition coefficient (Wildman–Crippen LogP) is 5.19. The number of nitrogens with zero attached hydrogens (tertiary/aromatic N) is 4. The van der Waals surface area contributed by atoms with Gasteiger partial charge in [-0.1, -0.05) is 25.4 Å². The molecule has 2 N–H and O–H groups in total. The summed E-state index contributed by atoms with van der Waals surface area (Å²) in [4.78, 5) is 11.6. The molecule has 0 amide bonds. The fourth-order valence-electron chi connectivity index (χ4n) is 3.43. The molecule has 4 aromatic rings. The van der Waals surface area contributed by atoms with E-state index >= 15 is 0 Å². The molecule has 0 aliphatic carbocycles. The molecule has 3 aromatic heterocycles. The highest BCUT2D eigenvalue weighted by atomic mass is 35.5. The summed E-state index contributed by atoms with van der Waals surface area (Å²) in [5.74, 6) is -1.41. The van der Waals surface area contributed by atoms with E-state index < -0.39 is 23.4 Å². The fraction of sp³-hybridized carbons (Fsp3) is 0.286. The Morgan fingerprint density at radius 2 is 2.09 bits per heavy atom. The number of nitrogens with one attached hydrogen (secondary N) is 2. The van der Waals surface area contributed by atoms with Crippen LogP contribution < -0.4 is 14.2 Å². The van der Waals surface area contributed by atoms with Gasteiger partial charge in [0.25, 0.3) is 5.88 Å². The fourth-order valence-corrected chi connectivity index (χ4v) is 4.58. The van der Waals surface area contributed by atoms with E-state index in [-0.39, 0.29) is 29.2 Å². The van der Waals surface area contributed by atoms with Crippen molar-refractivity contribution in [2.24, 2.45) is 0 Å². The third-order valence-electron chi connectivity index (χ3n) is 5.25. The standard InChI is InChI=1S/C21H20ClF3N6O3S/c1-4-10(2)15-18(34-20(24)25)19(33-3)29-21(28-15)30-35(32)14-8-26-16-12(14)5-6-13(22)17(16)31-9-11(23)7-27-31/h5-10,20,26H,4H2,1-3H3,(H,28,29,30). The van der Waals surface area contributed by atoms with E-state index in [1.807, 2.05) is 6.92 Å². The van der Waals surface area contributed by atoms with Crippen LogP contribution in [-0.2, 0) is 11.0 Å². The van der Waals surface area contributed by atoms with Crippen LogP contribution in [0, 0.1) is 5.82 Å². The topological polar surface area (TPSA) is 107 Å². The summed E-state index contributed by atoms with van der Waals surface area (Å²) >= 11 is 6.32. The van der Waals surface area contributed by atoms with Gasteiger partial charge in [0.15, 0.2) is 16.8 Å². The highest BCUT2D eigenvalue weighted by Crippen LogP contribution is 2.37. The monoisotopic (exact) mass is 528 g/mol. The lowest BCUT2D eigenvalue weighted by molar-refractivity contribution is -0.0526. The Hall–Kier alpha value is -3.32. The van der Waals surface area contributed by atoms with Crippen molar-refractivity contribution in [1.29, 1.82) is 0 Å². The van der Waals surface area contributed by atoms with E-state index in [1.54, 1.807) is 19.1 Å². The van der Waals surface area contributed by atoms with Crippen molar-refractivity contribution >= 4 is 39.4 Å². The van der Waals surface area contributed by atoms with Crippen LogP contribution in [0.1, 0.15) is 31.9 Å². The third-order valence-corrected chi connectivity index (χ3v) is 6.66. The Morgan fingerprint density at radius 3 is 2.71 bits per heavy atom. The van der Waals surface area contributed by atoms with Crippen molar-refractivity contribution in [2.75, 3.05) is 11.8 Å². The number of fused-ring (bicyclic) bond motifs is 1. The van der Waals surface area contributed by atoms with Crippen LogP contribution in [0.4, 0.5) is 19.1 Å². The molecule has 0 saturated carbocycles. The molecule has 4 rings (SSSR count). The Morgan fingerprint density at radius 1 is 1.31 bits per heavy atom. The van der Waals surface area contributed by atoms with Crippen LogP contribution in [0.2, 0.25) is 5.02 Å². The minimum Gasteiger partial charge on any atom is -0.478 e. The summed E-state index contributed by atoms with van der Waals surface area (Å²) in [5.41, 5.74) is 1.04. The van der Waals surface area contributed by atoms with E-state index in [9.17, 15) is 17.4 Å². The van der Waals surface area contributed by atoms with Crippen molar-refractivity contribution < 1.29 is 26.9 Å². The summed E-state index contributed by atoms with van der Waals surface area (Å²) in [6.07, 6.45) is 4.27. The minimum atomic E-state index is -3.10. The summed E-state index contributed by atoms with van der Waals surface area (Å²) in [6, 6.07) is 3.22. The maximum absolute atomic E-state index is 13.5. The van der Waals surface area contributed by atoms with Gasteiger partial charge in [0, 0.05) is 17.5 Å². The van der Waals surface area contributed by atoms with E-state index in [0.717, 1.165) is 12.4 Å². The SMILES string of the molecule is CCC(C)c1nc(NS(=O)c2c[nH]c3c(-n4cc(F)cn4)c(Cl)ccc23)nc(OC)c1OC(F)F. The molecular formula is C21H20ClF3N6O3S. The van der Waals surface area contributed by atoms with Crippen LogP contribution >= 0.6 is 11.6 Å². The molecule has 0 bridgehead atoms. The number of rotatable bonds is 9. The van der Waals surface area contributed by atoms with Crippen molar-refractivity contribution in [3.05, 3.63) is 47.3 Å². The molecule has 0 aliphatic heterocycles. The minimum absolute atomic E-state index is 0.102. The molecule has 2 unspecified atom stereocenters. The predicted molar refractivity (Wildman–Crippen MR) is 124 cm³/mol. The van der Waals surface area contributed by atoms with Crippen LogP contribution in [0.3, 0.4) is 0 Å². The van der Waals surface area contributed by atoms with Crippen molar-refractivity contribution in [3.63, 3.8) is 0 Å². The van der Waals surface area contributed by atoms with Crippen LogP contribution in [0.15, 0.2) is 35.6 Å². The molecule has 2 atom stereocenters. The second-order valence-corrected chi connectivity index (χ2v) is 8.99. The second kappa shape index (κ2) is 10.1. The lowest BCUT2D eigenvalue weighted by Gasteiger charge is -2.17. The van der Waals surface area contributed by atoms with E-state index in [1.165, 1.54) is 18.0 Å². The van der Waals surface area contributed by atoms with Gasteiger partial charge in [-0.25, -0.2) is 18.3 Å². The van der Waals surface area contributed by atoms with E-state index in [0.29, 0.717) is 32.9 Å². The van der Waals surface area contributed by atoms with Gasteiger partial charge < -0.3 is 14.5 Å². The summed E-state index contributed by atoms with van der Waals surface area (Å²) in [6.45, 7) is 0.541. The summed E-state index contributed by atoms with van der Waals surface area (Å²) in [7, 11) is -0.638. The van der Waals surface area contributed by atoms with Crippen molar-refractivity contribution in [2.45, 2.75) is 37.7 Å². The number of methoxy groups -OCH3 is 1. The largest absolute Gasteiger partial charge is 0.478 e. The number of aromatic amines is 1. The van der Waals surface area contributed by atoms with Gasteiger partial charge in [0.05, 0.1) is 40.6 Å². The number of hydrogen-bond donors (Lipinski definition) is 2. The number of ether oxygens (including phenoxy) is 2. The van der Waals surface area contributed by atoms with Gasteiger partial charge >= 0.3 is 6.61 Å². The Bertz CT molecular complexity index is 1400. The van der Waals surface area contributed by atoms with E-state index in [4.69, 9.17) is 16.3 Å². The van der Waals surface area contributed by atoms with Gasteiger partial charge in [-0.3, -0.25) is 4.72 Å². The Balaban J connectivity index is 1.73. The molecule has 1 aromatic carbocycles. The maximum Gasteiger partial charge on any atom is 0.387 e. The van der Waals surface area contributed by atoms with Gasteiger partial charge in [-0.05, 0) is 18.6 Å². The first-order valence-corrected chi connectivity index (χ1v) is 11.9. The zero-order valence-corrected chi connectivity index (χ0v) is 20.3. The number of aromatic nitrogens is 5. The first-order valence-electron chi connectivity index (χ1n) is 10.3. The molecule has 0 spiro atoms. The second-order valence-electron chi connectivity index (χ2n) is 7.40. The van der Waals surface area contributed by atoms with Crippen LogP contribution in [0.5, 0.6) is 11.6 Å². The van der Waals surface area contributed by atoms with Gasteiger partial charge in [-0.15, -0.1) is 0 Å². The van der Waals surface area contributed by atoms with E-state index in [2.05, 4.69) is 29.5 Å². The van der Waals surface area contributed by atoms with Crippen molar-refractivity contribution in [1.82, 2.24) is 24.7 Å². The lowest BCUT2D eigenvalue weighted by Crippen LogP contribution is -2.14. The average molecular weight is 529 g/mol. The lowest BCUT2D eigenvalue weighted by atomic mass is 10.0. The number of halogens is 4. The molecule has 0 fully saturated rings. The summed E-state index contributed by atoms with van der Waals surface area (Å²) in [5, 5.41) is 4.77. The number of alkyl halides is 2. The quantitative estimate of drug-likeness (QED) is 0.309. The smallest absolute Gasteiger partial charge is 0.387 e. The van der Waals surface area contributed by atoms with Crippen LogP contribution in [0.25, 0.3) is 16.6 Å². The average Bonchev–Trinajstić information content (AvgIpc) is 3.45. The van der Waals surface area contributed by atoms with Gasteiger partial charge in [0.1, 0.15) is 5.69 Å². The molecule has 3 heterocycles. The molecule has 0 saturated heterocycles. The maximum atomic E-state index is 13.5. The Kier molecular flexibility index (Phi) is 7.17. The normalized spacial score (nSPS) is 13.3. The molecule has 186 valence electrons. The molecular weight excluding hydrogens is 509 g/mol. The van der Waals surface area contributed by atoms with Crippen LogP contribution in [-0.4, -0.2) is 42.7 Å².